The second kappa shape index (κ2) is 7.86. The Morgan fingerprint density at radius 3 is 2.54 bits per heavy atom. The number of hydrogen-bond donors (Lipinski definition) is 1. The van der Waals surface area contributed by atoms with Crippen LogP contribution in [0.15, 0.2) is 30.5 Å². The van der Waals surface area contributed by atoms with Gasteiger partial charge < -0.3 is 14.8 Å². The highest BCUT2D eigenvalue weighted by molar-refractivity contribution is 7.80. The Kier molecular flexibility index (Phi) is 5.46. The molecule has 1 saturated heterocycles. The fraction of sp³-hybridized carbons (Fsp3) is 0.565. The van der Waals surface area contributed by atoms with Crippen molar-refractivity contribution in [1.29, 1.82) is 0 Å². The zero-order chi connectivity index (χ0) is 19.8. The number of nitrogens with zero attached hydrogens (tertiary/aromatic N) is 3. The van der Waals surface area contributed by atoms with E-state index in [4.69, 9.17) is 12.2 Å². The first-order chi connectivity index (χ1) is 13.5. The van der Waals surface area contributed by atoms with Crippen LogP contribution in [0.25, 0.3) is 0 Å². The van der Waals surface area contributed by atoms with E-state index in [0.29, 0.717) is 12.1 Å². The van der Waals surface area contributed by atoms with Crippen LogP contribution in [-0.4, -0.2) is 25.6 Å². The van der Waals surface area contributed by atoms with Crippen molar-refractivity contribution in [2.45, 2.75) is 84.0 Å². The zero-order valence-corrected chi connectivity index (χ0v) is 18.3. The van der Waals surface area contributed by atoms with Gasteiger partial charge in [-0.2, -0.15) is 0 Å². The number of nitrogens with one attached hydrogen (secondary N) is 1. The molecule has 5 heteroatoms. The highest BCUT2D eigenvalue weighted by atomic mass is 32.1. The number of rotatable bonds is 4. The number of aryl methyl sites for hydroxylation is 1. The van der Waals surface area contributed by atoms with Crippen LogP contribution in [0.5, 0.6) is 0 Å². The van der Waals surface area contributed by atoms with Gasteiger partial charge in [0.25, 0.3) is 0 Å². The summed E-state index contributed by atoms with van der Waals surface area (Å²) < 4.78 is 2.60. The molecule has 1 saturated carbocycles. The molecule has 3 heterocycles. The molecule has 1 aliphatic carbocycles. The molecule has 28 heavy (non-hydrogen) atoms. The van der Waals surface area contributed by atoms with Crippen LogP contribution in [-0.2, 0) is 0 Å². The second-order valence-electron chi connectivity index (χ2n) is 8.62. The van der Waals surface area contributed by atoms with E-state index in [1.807, 2.05) is 12.3 Å². The molecule has 0 spiro atoms. The van der Waals surface area contributed by atoms with Crippen LogP contribution >= 0.6 is 12.2 Å². The predicted octanol–water partition coefficient (Wildman–Crippen LogP) is 5.39. The first-order valence-electron chi connectivity index (χ1n) is 10.7. The van der Waals surface area contributed by atoms with Gasteiger partial charge in [-0.05, 0) is 76.5 Å². The number of thiocarbonyl (C=S) groups is 1. The van der Waals surface area contributed by atoms with Crippen molar-refractivity contribution in [2.75, 3.05) is 0 Å². The molecule has 2 aromatic rings. The number of aromatic nitrogens is 2. The highest BCUT2D eigenvalue weighted by Gasteiger charge is 2.42. The first-order valence-corrected chi connectivity index (χ1v) is 11.1. The third kappa shape index (κ3) is 3.34. The predicted molar refractivity (Wildman–Crippen MR) is 118 cm³/mol. The number of pyridine rings is 1. The third-order valence-electron chi connectivity index (χ3n) is 6.47. The molecular formula is C23H32N4S. The van der Waals surface area contributed by atoms with Gasteiger partial charge >= 0.3 is 0 Å². The largest absolute Gasteiger partial charge is 0.352 e. The molecular weight excluding hydrogens is 364 g/mol. The van der Waals surface area contributed by atoms with Gasteiger partial charge in [0, 0.05) is 29.7 Å². The van der Waals surface area contributed by atoms with E-state index in [1.165, 1.54) is 49.1 Å². The maximum atomic E-state index is 5.76. The van der Waals surface area contributed by atoms with E-state index < -0.39 is 0 Å². The molecule has 4 rings (SSSR count). The summed E-state index contributed by atoms with van der Waals surface area (Å²) in [7, 11) is 0. The van der Waals surface area contributed by atoms with E-state index >= 15 is 0 Å². The van der Waals surface area contributed by atoms with Gasteiger partial charge in [-0.1, -0.05) is 25.3 Å². The fourth-order valence-electron chi connectivity index (χ4n) is 5.26. The standard InChI is InChI=1S/C23H32N4S/c1-15(2)26-22(21(25-23(26)28)20-12-8-9-13-24-20)19-14-16(3)27(17(19)4)18-10-6-5-7-11-18/h8-9,12-15,18,21-22H,5-7,10-11H2,1-4H3,(H,25,28)/t21-,22+/m1/s1. The summed E-state index contributed by atoms with van der Waals surface area (Å²) in [6.45, 7) is 9.01. The lowest BCUT2D eigenvalue weighted by molar-refractivity contribution is 0.267. The van der Waals surface area contributed by atoms with Crippen molar-refractivity contribution in [3.63, 3.8) is 0 Å². The Balaban J connectivity index is 1.78. The van der Waals surface area contributed by atoms with Gasteiger partial charge in [0.05, 0.1) is 17.8 Å². The molecule has 2 aromatic heterocycles. The Bertz CT molecular complexity index is 836. The van der Waals surface area contributed by atoms with E-state index in [-0.39, 0.29) is 12.1 Å². The van der Waals surface area contributed by atoms with Crippen LogP contribution < -0.4 is 5.32 Å². The minimum Gasteiger partial charge on any atom is -0.352 e. The van der Waals surface area contributed by atoms with Gasteiger partial charge in [0.1, 0.15) is 0 Å². The van der Waals surface area contributed by atoms with Crippen LogP contribution in [0.2, 0.25) is 0 Å². The van der Waals surface area contributed by atoms with Crippen molar-refractivity contribution >= 4 is 17.3 Å². The Morgan fingerprint density at radius 2 is 1.89 bits per heavy atom. The molecule has 0 radical (unpaired) electrons. The maximum absolute atomic E-state index is 5.76. The van der Waals surface area contributed by atoms with E-state index in [1.54, 1.807) is 0 Å². The first kappa shape index (κ1) is 19.4. The second-order valence-corrected chi connectivity index (χ2v) is 9.00. The van der Waals surface area contributed by atoms with Crippen molar-refractivity contribution in [3.05, 3.63) is 53.1 Å². The molecule has 2 fully saturated rings. The van der Waals surface area contributed by atoms with Gasteiger partial charge in [0.2, 0.25) is 0 Å². The maximum Gasteiger partial charge on any atom is 0.170 e. The Hall–Kier alpha value is -1.88. The summed E-state index contributed by atoms with van der Waals surface area (Å²) in [6, 6.07) is 9.77. The summed E-state index contributed by atoms with van der Waals surface area (Å²) in [6.07, 6.45) is 8.55. The van der Waals surface area contributed by atoms with E-state index in [2.05, 4.69) is 65.7 Å². The number of hydrogen-bond acceptors (Lipinski definition) is 2. The summed E-state index contributed by atoms with van der Waals surface area (Å²) >= 11 is 5.76. The minimum atomic E-state index is 0.0800. The molecule has 2 aliphatic rings. The fourth-order valence-corrected chi connectivity index (χ4v) is 5.71. The molecule has 0 aromatic carbocycles. The molecule has 0 amide bonds. The van der Waals surface area contributed by atoms with E-state index in [0.717, 1.165) is 10.8 Å². The quantitative estimate of drug-likeness (QED) is 0.703. The lowest BCUT2D eigenvalue weighted by atomic mass is 9.94. The SMILES string of the molecule is Cc1cc([C@H]2[C@@H](c3ccccn3)NC(=S)N2C(C)C)c(C)n1C1CCCCC1. The lowest BCUT2D eigenvalue weighted by Crippen LogP contribution is -2.35. The molecule has 1 aliphatic heterocycles. The average molecular weight is 397 g/mol. The smallest absolute Gasteiger partial charge is 0.170 e. The van der Waals surface area contributed by atoms with Gasteiger partial charge in [0.15, 0.2) is 5.11 Å². The van der Waals surface area contributed by atoms with Gasteiger partial charge in [-0.25, -0.2) is 0 Å². The van der Waals surface area contributed by atoms with Crippen molar-refractivity contribution in [2.24, 2.45) is 0 Å². The van der Waals surface area contributed by atoms with Gasteiger partial charge in [-0.15, -0.1) is 0 Å². The summed E-state index contributed by atoms with van der Waals surface area (Å²) in [5, 5.41) is 4.40. The van der Waals surface area contributed by atoms with Crippen molar-refractivity contribution in [1.82, 2.24) is 19.8 Å². The van der Waals surface area contributed by atoms with Crippen LogP contribution in [0.1, 0.15) is 86.7 Å². The van der Waals surface area contributed by atoms with Crippen LogP contribution in [0, 0.1) is 13.8 Å². The highest BCUT2D eigenvalue weighted by Crippen LogP contribution is 2.43. The van der Waals surface area contributed by atoms with Gasteiger partial charge in [-0.3, -0.25) is 4.98 Å². The van der Waals surface area contributed by atoms with Crippen molar-refractivity contribution < 1.29 is 0 Å². The average Bonchev–Trinajstić information content (AvgIpc) is 3.19. The lowest BCUT2D eigenvalue weighted by Gasteiger charge is -2.32. The monoisotopic (exact) mass is 396 g/mol. The van der Waals surface area contributed by atoms with Crippen LogP contribution in [0.3, 0.4) is 0 Å². The summed E-state index contributed by atoms with van der Waals surface area (Å²) in [5.41, 5.74) is 5.22. The normalized spacial score (nSPS) is 23.5. The molecule has 1 N–H and O–H groups in total. The van der Waals surface area contributed by atoms with E-state index in [9.17, 15) is 0 Å². The molecule has 2 atom stereocenters. The van der Waals surface area contributed by atoms with Crippen molar-refractivity contribution in [3.8, 4) is 0 Å². The zero-order valence-electron chi connectivity index (χ0n) is 17.5. The topological polar surface area (TPSA) is 33.1 Å². The molecule has 0 bridgehead atoms. The summed E-state index contributed by atoms with van der Waals surface area (Å²) in [5.74, 6) is 0. The molecule has 150 valence electrons. The molecule has 0 unspecified atom stereocenters. The van der Waals surface area contributed by atoms with Crippen LogP contribution in [0.4, 0.5) is 0 Å². The summed E-state index contributed by atoms with van der Waals surface area (Å²) in [4.78, 5) is 7.02. The Labute approximate surface area is 174 Å². The third-order valence-corrected chi connectivity index (χ3v) is 6.80. The Morgan fingerprint density at radius 1 is 1.14 bits per heavy atom. The minimum absolute atomic E-state index is 0.0800. The molecule has 4 nitrogen and oxygen atoms in total.